The van der Waals surface area contributed by atoms with Crippen LogP contribution in [0.5, 0.6) is 5.75 Å². The number of aromatic nitrogens is 2. The Morgan fingerprint density at radius 3 is 2.86 bits per heavy atom. The third kappa shape index (κ3) is 3.03. The second-order valence-corrected chi connectivity index (χ2v) is 6.01. The lowest BCUT2D eigenvalue weighted by molar-refractivity contribution is 0.0459. The Bertz CT molecular complexity index is 640. The molecule has 4 nitrogen and oxygen atoms in total. The normalized spacial score (nSPS) is 16.6. The molecule has 0 N–H and O–H groups in total. The lowest BCUT2D eigenvalue weighted by Gasteiger charge is -2.37. The number of pyridine rings is 1. The number of ether oxygens (including phenoxy) is 1. The van der Waals surface area contributed by atoms with E-state index in [1.165, 1.54) is 0 Å². The monoisotopic (exact) mass is 359 g/mol. The minimum atomic E-state index is -2.27. The SMILES string of the molecule is CCOc1cc2nc(C3CN(CC(F)F)C3)cn2cc1Br. The molecule has 2 aromatic heterocycles. The van der Waals surface area contributed by atoms with Gasteiger partial charge in [0.1, 0.15) is 11.4 Å². The summed E-state index contributed by atoms with van der Waals surface area (Å²) >= 11 is 3.47. The number of imidazole rings is 1. The summed E-state index contributed by atoms with van der Waals surface area (Å²) in [5, 5.41) is 0. The maximum atomic E-state index is 12.3. The molecular formula is C14H16BrF2N3O. The molecule has 0 amide bonds. The molecule has 3 heterocycles. The fourth-order valence-corrected chi connectivity index (χ4v) is 3.02. The summed E-state index contributed by atoms with van der Waals surface area (Å²) in [6.45, 7) is 3.67. The smallest absolute Gasteiger partial charge is 0.251 e. The summed E-state index contributed by atoms with van der Waals surface area (Å²) in [4.78, 5) is 6.33. The molecule has 0 unspecified atom stereocenters. The number of hydrogen-bond donors (Lipinski definition) is 0. The highest BCUT2D eigenvalue weighted by Crippen LogP contribution is 2.30. The third-order valence-electron chi connectivity index (χ3n) is 3.60. The first-order valence-electron chi connectivity index (χ1n) is 6.88. The van der Waals surface area contributed by atoms with Crippen LogP contribution in [0.1, 0.15) is 18.5 Å². The van der Waals surface area contributed by atoms with E-state index < -0.39 is 6.43 Å². The van der Waals surface area contributed by atoms with Gasteiger partial charge in [-0.2, -0.15) is 0 Å². The Hall–Kier alpha value is -1.21. The average molecular weight is 360 g/mol. The second kappa shape index (κ2) is 5.88. The summed E-state index contributed by atoms with van der Waals surface area (Å²) in [5.74, 6) is 0.994. The Kier molecular flexibility index (Phi) is 4.12. The Balaban J connectivity index is 1.76. The van der Waals surface area contributed by atoms with Gasteiger partial charge in [0.15, 0.2) is 0 Å². The molecule has 2 aromatic rings. The van der Waals surface area contributed by atoms with Crippen molar-refractivity contribution in [2.75, 3.05) is 26.2 Å². The molecule has 21 heavy (non-hydrogen) atoms. The Labute approximate surface area is 129 Å². The molecule has 114 valence electrons. The van der Waals surface area contributed by atoms with Crippen molar-refractivity contribution in [1.82, 2.24) is 14.3 Å². The van der Waals surface area contributed by atoms with Crippen molar-refractivity contribution in [3.05, 3.63) is 28.6 Å². The van der Waals surface area contributed by atoms with Gasteiger partial charge in [-0.25, -0.2) is 13.8 Å². The van der Waals surface area contributed by atoms with E-state index in [2.05, 4.69) is 20.9 Å². The molecule has 0 saturated carbocycles. The largest absolute Gasteiger partial charge is 0.492 e. The van der Waals surface area contributed by atoms with E-state index in [9.17, 15) is 8.78 Å². The molecule has 1 aliphatic heterocycles. The fourth-order valence-electron chi connectivity index (χ4n) is 2.57. The summed E-state index contributed by atoms with van der Waals surface area (Å²) in [7, 11) is 0. The van der Waals surface area contributed by atoms with Gasteiger partial charge in [-0.1, -0.05) is 0 Å². The predicted octanol–water partition coefficient (Wildman–Crippen LogP) is 3.16. The lowest BCUT2D eigenvalue weighted by atomic mass is 9.97. The van der Waals surface area contributed by atoms with Crippen LogP contribution < -0.4 is 4.74 Å². The molecule has 1 saturated heterocycles. The van der Waals surface area contributed by atoms with Gasteiger partial charge in [-0.3, -0.25) is 4.90 Å². The first-order chi connectivity index (χ1) is 10.1. The summed E-state index contributed by atoms with van der Waals surface area (Å²) < 4.78 is 32.9. The van der Waals surface area contributed by atoms with E-state index in [1.54, 1.807) is 4.90 Å². The van der Waals surface area contributed by atoms with E-state index >= 15 is 0 Å². The quantitative estimate of drug-likeness (QED) is 0.821. The van der Waals surface area contributed by atoms with Gasteiger partial charge in [0.05, 0.1) is 23.3 Å². The van der Waals surface area contributed by atoms with Gasteiger partial charge in [-0.15, -0.1) is 0 Å². The molecule has 0 aliphatic carbocycles. The van der Waals surface area contributed by atoms with Crippen molar-refractivity contribution in [2.24, 2.45) is 0 Å². The molecule has 1 fully saturated rings. The van der Waals surface area contributed by atoms with Crippen molar-refractivity contribution < 1.29 is 13.5 Å². The summed E-state index contributed by atoms with van der Waals surface area (Å²) in [6.07, 6.45) is 1.60. The number of halogens is 3. The zero-order valence-corrected chi connectivity index (χ0v) is 13.2. The molecule has 3 rings (SSSR count). The van der Waals surface area contributed by atoms with Crippen LogP contribution in [0.2, 0.25) is 0 Å². The van der Waals surface area contributed by atoms with Crippen LogP contribution in [0.4, 0.5) is 8.78 Å². The highest BCUT2D eigenvalue weighted by atomic mass is 79.9. The molecular weight excluding hydrogens is 344 g/mol. The van der Waals surface area contributed by atoms with Crippen molar-refractivity contribution in [2.45, 2.75) is 19.3 Å². The van der Waals surface area contributed by atoms with Crippen LogP contribution in [0.15, 0.2) is 22.9 Å². The topological polar surface area (TPSA) is 29.8 Å². The fraction of sp³-hybridized carbons (Fsp3) is 0.500. The first kappa shape index (κ1) is 14.7. The van der Waals surface area contributed by atoms with Crippen LogP contribution in [0.25, 0.3) is 5.65 Å². The highest BCUT2D eigenvalue weighted by molar-refractivity contribution is 9.10. The zero-order chi connectivity index (χ0) is 15.0. The van der Waals surface area contributed by atoms with Crippen molar-refractivity contribution in [1.29, 1.82) is 0 Å². The Morgan fingerprint density at radius 2 is 2.19 bits per heavy atom. The Morgan fingerprint density at radius 1 is 1.43 bits per heavy atom. The maximum absolute atomic E-state index is 12.3. The van der Waals surface area contributed by atoms with Gasteiger partial charge in [0.2, 0.25) is 0 Å². The minimum Gasteiger partial charge on any atom is -0.492 e. The van der Waals surface area contributed by atoms with Crippen LogP contribution in [0, 0.1) is 0 Å². The van der Waals surface area contributed by atoms with Gasteiger partial charge in [0.25, 0.3) is 6.43 Å². The molecule has 0 bridgehead atoms. The van der Waals surface area contributed by atoms with Crippen molar-refractivity contribution in [3.63, 3.8) is 0 Å². The third-order valence-corrected chi connectivity index (χ3v) is 4.19. The lowest BCUT2D eigenvalue weighted by Crippen LogP contribution is -2.47. The molecule has 0 spiro atoms. The van der Waals surface area contributed by atoms with Gasteiger partial charge >= 0.3 is 0 Å². The zero-order valence-electron chi connectivity index (χ0n) is 11.6. The standard InChI is InChI=1S/C14H16BrF2N3O/c1-2-21-12-3-14-18-11(7-20(14)6-10(12)15)9-4-19(5-9)8-13(16)17/h3,6-7,9,13H,2,4-5,8H2,1H3. The predicted molar refractivity (Wildman–Crippen MR) is 79.2 cm³/mol. The van der Waals surface area contributed by atoms with Crippen molar-refractivity contribution in [3.8, 4) is 5.75 Å². The van der Waals surface area contributed by atoms with Crippen molar-refractivity contribution >= 4 is 21.6 Å². The number of alkyl halides is 2. The van der Waals surface area contributed by atoms with Crippen LogP contribution in [-0.4, -0.2) is 47.0 Å². The molecule has 0 aromatic carbocycles. The van der Waals surface area contributed by atoms with Gasteiger partial charge < -0.3 is 9.14 Å². The number of rotatable bonds is 5. The summed E-state index contributed by atoms with van der Waals surface area (Å²) in [6, 6.07) is 1.88. The number of nitrogens with zero attached hydrogens (tertiary/aromatic N) is 3. The molecule has 7 heteroatoms. The van der Waals surface area contributed by atoms with E-state index in [1.807, 2.05) is 29.8 Å². The molecule has 1 aliphatic rings. The summed E-state index contributed by atoms with van der Waals surface area (Å²) in [5.41, 5.74) is 1.75. The first-order valence-corrected chi connectivity index (χ1v) is 7.67. The highest BCUT2D eigenvalue weighted by Gasteiger charge is 2.31. The number of fused-ring (bicyclic) bond motifs is 1. The minimum absolute atomic E-state index is 0.149. The van der Waals surface area contributed by atoms with E-state index in [4.69, 9.17) is 4.74 Å². The van der Waals surface area contributed by atoms with Gasteiger partial charge in [-0.05, 0) is 22.9 Å². The van der Waals surface area contributed by atoms with Crippen LogP contribution >= 0.6 is 15.9 Å². The molecule has 0 radical (unpaired) electrons. The van der Waals surface area contributed by atoms with Gasteiger partial charge in [0, 0.05) is 37.5 Å². The van der Waals surface area contributed by atoms with Crippen LogP contribution in [0.3, 0.4) is 0 Å². The van der Waals surface area contributed by atoms with E-state index in [-0.39, 0.29) is 12.5 Å². The van der Waals surface area contributed by atoms with Crippen LogP contribution in [-0.2, 0) is 0 Å². The maximum Gasteiger partial charge on any atom is 0.251 e. The molecule has 0 atom stereocenters. The average Bonchev–Trinajstić information content (AvgIpc) is 2.76. The number of likely N-dealkylation sites (tertiary alicyclic amines) is 1. The van der Waals surface area contributed by atoms with E-state index in [0.717, 1.165) is 21.6 Å². The second-order valence-electron chi connectivity index (χ2n) is 5.16. The number of hydrogen-bond acceptors (Lipinski definition) is 3. The van der Waals surface area contributed by atoms with E-state index in [0.29, 0.717) is 19.7 Å².